The third-order valence-electron chi connectivity index (χ3n) is 6.24. The molecule has 0 spiro atoms. The van der Waals surface area contributed by atoms with Crippen LogP contribution in [-0.4, -0.2) is 37.6 Å². The van der Waals surface area contributed by atoms with Gasteiger partial charge in [-0.15, -0.1) is 0 Å². The number of likely N-dealkylation sites (N-methyl/N-ethyl adjacent to an activating group) is 1. The highest BCUT2D eigenvalue weighted by Gasteiger charge is 2.44. The van der Waals surface area contributed by atoms with Crippen LogP contribution in [0.5, 0.6) is 5.75 Å². The van der Waals surface area contributed by atoms with E-state index in [4.69, 9.17) is 4.74 Å². The first-order chi connectivity index (χ1) is 15.7. The van der Waals surface area contributed by atoms with E-state index in [0.29, 0.717) is 24.5 Å². The lowest BCUT2D eigenvalue weighted by molar-refractivity contribution is -0.143. The highest BCUT2D eigenvalue weighted by molar-refractivity contribution is 5.99. The molecule has 0 bridgehead atoms. The molecule has 1 amide bonds. The van der Waals surface area contributed by atoms with Gasteiger partial charge in [-0.1, -0.05) is 44.2 Å². The van der Waals surface area contributed by atoms with E-state index in [0.717, 1.165) is 7.11 Å². The molecule has 4 nitrogen and oxygen atoms in total. The van der Waals surface area contributed by atoms with Gasteiger partial charge in [-0.05, 0) is 44.6 Å². The largest absolute Gasteiger partial charge is 0.496 e. The van der Waals surface area contributed by atoms with E-state index in [9.17, 15) is 31.1 Å². The van der Waals surface area contributed by atoms with Gasteiger partial charge < -0.3 is 15.0 Å². The predicted octanol–water partition coefficient (Wildman–Crippen LogP) is 6.32. The highest BCUT2D eigenvalue weighted by Crippen LogP contribution is 2.42. The zero-order chi connectivity index (χ0) is 25.9. The van der Waals surface area contributed by atoms with Gasteiger partial charge in [-0.3, -0.25) is 4.79 Å². The summed E-state index contributed by atoms with van der Waals surface area (Å²) < 4.78 is 86.1. The topological polar surface area (TPSA) is 41.6 Å². The first kappa shape index (κ1) is 27.5. The fourth-order valence-electron chi connectivity index (χ4n) is 4.32. The van der Waals surface area contributed by atoms with Crippen LogP contribution in [0.4, 0.5) is 26.3 Å². The van der Waals surface area contributed by atoms with Gasteiger partial charge in [0.1, 0.15) is 5.75 Å². The average molecular weight is 490 g/mol. The molecular formula is C24H28F6N2O2. The number of rotatable bonds is 8. The Kier molecular flexibility index (Phi) is 8.29. The minimum Gasteiger partial charge on any atom is -0.496 e. The molecule has 0 saturated heterocycles. The summed E-state index contributed by atoms with van der Waals surface area (Å²) in [4.78, 5) is 15.2. The number of benzene rings is 2. The van der Waals surface area contributed by atoms with Gasteiger partial charge >= 0.3 is 12.4 Å². The molecule has 0 aliphatic rings. The summed E-state index contributed by atoms with van der Waals surface area (Å²) in [6.45, 7) is 3.79. The van der Waals surface area contributed by atoms with Crippen molar-refractivity contribution >= 4 is 5.91 Å². The lowest BCUT2D eigenvalue weighted by atomic mass is 9.79. The summed E-state index contributed by atoms with van der Waals surface area (Å²) in [5.74, 6) is -1.99. The fraction of sp³-hybridized carbons (Fsp3) is 0.458. The molecule has 0 aliphatic carbocycles. The summed E-state index contributed by atoms with van der Waals surface area (Å²) in [6.07, 6.45) is -9.21. The SMILES string of the molecule is CCC(CC)(C(NC(=O)c1c(OC)cc(C(F)(F)F)cc1C(F)(F)F)c1ccccc1)N(C)C. The van der Waals surface area contributed by atoms with Crippen LogP contribution in [0.1, 0.15) is 59.8 Å². The average Bonchev–Trinajstić information content (AvgIpc) is 2.77. The molecule has 188 valence electrons. The quantitative estimate of drug-likeness (QED) is 0.440. The summed E-state index contributed by atoms with van der Waals surface area (Å²) in [5, 5.41) is 2.68. The number of carbonyl (C=O) groups is 1. The number of ether oxygens (including phenoxy) is 1. The Morgan fingerprint density at radius 2 is 1.53 bits per heavy atom. The first-order valence-electron chi connectivity index (χ1n) is 10.6. The molecule has 0 heterocycles. The molecule has 1 atom stereocenters. The Balaban J connectivity index is 2.73. The lowest BCUT2D eigenvalue weighted by Gasteiger charge is -2.45. The van der Waals surface area contributed by atoms with Crippen LogP contribution >= 0.6 is 0 Å². The van der Waals surface area contributed by atoms with E-state index < -0.39 is 52.3 Å². The maximum atomic E-state index is 13.8. The molecular weight excluding hydrogens is 462 g/mol. The van der Waals surface area contributed by atoms with Crippen LogP contribution in [0.25, 0.3) is 0 Å². The third-order valence-corrected chi connectivity index (χ3v) is 6.24. The molecule has 1 unspecified atom stereocenters. The highest BCUT2D eigenvalue weighted by atomic mass is 19.4. The van der Waals surface area contributed by atoms with Crippen molar-refractivity contribution in [2.24, 2.45) is 0 Å². The maximum Gasteiger partial charge on any atom is 0.417 e. The van der Waals surface area contributed by atoms with Crippen LogP contribution in [0.15, 0.2) is 42.5 Å². The number of nitrogens with one attached hydrogen (secondary N) is 1. The van der Waals surface area contributed by atoms with Crippen LogP contribution < -0.4 is 10.1 Å². The smallest absolute Gasteiger partial charge is 0.417 e. The van der Waals surface area contributed by atoms with Crippen molar-refractivity contribution in [1.29, 1.82) is 0 Å². The van der Waals surface area contributed by atoms with Crippen molar-refractivity contribution in [2.45, 2.75) is 50.6 Å². The van der Waals surface area contributed by atoms with Crippen molar-refractivity contribution in [3.63, 3.8) is 0 Å². The van der Waals surface area contributed by atoms with Crippen LogP contribution in [0, 0.1) is 0 Å². The maximum absolute atomic E-state index is 13.8. The standard InChI is InChI=1S/C24H28F6N2O2/c1-6-22(7-2,32(3)4)20(15-11-9-8-10-12-15)31-21(33)19-17(24(28,29)30)13-16(23(25,26)27)14-18(19)34-5/h8-14,20H,6-7H2,1-5H3,(H,31,33). The second kappa shape index (κ2) is 10.2. The Morgan fingerprint density at radius 3 is 1.94 bits per heavy atom. The number of amides is 1. The van der Waals surface area contributed by atoms with Crippen LogP contribution in [-0.2, 0) is 12.4 Å². The fourth-order valence-corrected chi connectivity index (χ4v) is 4.32. The van der Waals surface area contributed by atoms with Gasteiger partial charge in [0.05, 0.1) is 29.8 Å². The molecule has 10 heteroatoms. The van der Waals surface area contributed by atoms with E-state index in [-0.39, 0.29) is 6.07 Å². The molecule has 0 radical (unpaired) electrons. The normalized spacial score (nSPS) is 13.6. The minimum absolute atomic E-state index is 0.0617. The number of halogens is 6. The number of nitrogens with zero attached hydrogens (tertiary/aromatic N) is 1. The molecule has 2 rings (SSSR count). The van der Waals surface area contributed by atoms with Crippen molar-refractivity contribution in [3.8, 4) is 5.75 Å². The van der Waals surface area contributed by atoms with Gasteiger partial charge in [0.15, 0.2) is 0 Å². The number of hydrogen-bond donors (Lipinski definition) is 1. The monoisotopic (exact) mass is 490 g/mol. The third kappa shape index (κ3) is 5.48. The second-order valence-electron chi connectivity index (χ2n) is 8.12. The summed E-state index contributed by atoms with van der Waals surface area (Å²) in [5.41, 5.74) is -4.31. The Morgan fingerprint density at radius 1 is 0.971 bits per heavy atom. The Hall–Kier alpha value is -2.75. The van der Waals surface area contributed by atoms with Crippen molar-refractivity contribution in [1.82, 2.24) is 10.2 Å². The van der Waals surface area contributed by atoms with Gasteiger partial charge in [-0.25, -0.2) is 0 Å². The van der Waals surface area contributed by atoms with Gasteiger partial charge in [0, 0.05) is 5.54 Å². The molecule has 0 aromatic heterocycles. The number of methoxy groups -OCH3 is 1. The van der Waals surface area contributed by atoms with E-state index in [1.807, 2.05) is 18.7 Å². The van der Waals surface area contributed by atoms with Crippen molar-refractivity contribution in [3.05, 3.63) is 64.7 Å². The molecule has 1 N–H and O–H groups in total. The summed E-state index contributed by atoms with van der Waals surface area (Å²) in [7, 11) is 4.52. The predicted molar refractivity (Wildman–Crippen MR) is 117 cm³/mol. The number of carbonyl (C=O) groups excluding carboxylic acids is 1. The molecule has 2 aromatic rings. The molecule has 0 fully saturated rings. The Labute approximate surface area is 194 Å². The van der Waals surface area contributed by atoms with Gasteiger partial charge in [0.25, 0.3) is 5.91 Å². The van der Waals surface area contributed by atoms with Crippen molar-refractivity contribution in [2.75, 3.05) is 21.2 Å². The summed E-state index contributed by atoms with van der Waals surface area (Å²) >= 11 is 0. The van der Waals surface area contributed by atoms with E-state index in [1.54, 1.807) is 44.4 Å². The molecule has 2 aromatic carbocycles. The minimum atomic E-state index is -5.22. The zero-order valence-corrected chi connectivity index (χ0v) is 19.6. The molecule has 0 saturated carbocycles. The molecule has 0 aliphatic heterocycles. The summed E-state index contributed by atoms with van der Waals surface area (Å²) in [6, 6.07) is 8.29. The van der Waals surface area contributed by atoms with Crippen LogP contribution in [0.2, 0.25) is 0 Å². The van der Waals surface area contributed by atoms with E-state index in [1.165, 1.54) is 0 Å². The van der Waals surface area contributed by atoms with Gasteiger partial charge in [0.2, 0.25) is 0 Å². The zero-order valence-electron chi connectivity index (χ0n) is 19.6. The van der Waals surface area contributed by atoms with E-state index >= 15 is 0 Å². The first-order valence-corrected chi connectivity index (χ1v) is 10.6. The number of hydrogen-bond acceptors (Lipinski definition) is 3. The second-order valence-corrected chi connectivity index (χ2v) is 8.12. The number of alkyl halides is 6. The van der Waals surface area contributed by atoms with Crippen LogP contribution in [0.3, 0.4) is 0 Å². The van der Waals surface area contributed by atoms with E-state index in [2.05, 4.69) is 5.32 Å². The lowest BCUT2D eigenvalue weighted by Crippen LogP contribution is -2.54. The van der Waals surface area contributed by atoms with Gasteiger partial charge in [-0.2, -0.15) is 26.3 Å². The van der Waals surface area contributed by atoms with Crippen molar-refractivity contribution < 1.29 is 35.9 Å². The molecule has 34 heavy (non-hydrogen) atoms. The Bertz CT molecular complexity index is 983.